The molecule has 0 bridgehead atoms. The summed E-state index contributed by atoms with van der Waals surface area (Å²) in [7, 11) is 0. The predicted octanol–water partition coefficient (Wildman–Crippen LogP) is -0.260. The Morgan fingerprint density at radius 3 is 2.31 bits per heavy atom. The van der Waals surface area contributed by atoms with Gasteiger partial charge in [-0.25, -0.2) is 0 Å². The lowest BCUT2D eigenvalue weighted by Crippen LogP contribution is -2.49. The zero-order chi connectivity index (χ0) is 12.3. The Bertz CT molecular complexity index is 278. The molecule has 1 aliphatic rings. The number of carbonyl (C=O) groups is 2. The minimum atomic E-state index is -0.579. The van der Waals surface area contributed by atoms with Gasteiger partial charge in [-0.1, -0.05) is 13.8 Å². The highest BCUT2D eigenvalue weighted by molar-refractivity contribution is 5.87. The van der Waals surface area contributed by atoms with Crippen molar-refractivity contribution in [1.82, 2.24) is 5.32 Å². The van der Waals surface area contributed by atoms with Crippen LogP contribution in [0.5, 0.6) is 0 Å². The number of hydrogen-bond acceptors (Lipinski definition) is 3. The molecule has 0 aromatic rings. The maximum absolute atomic E-state index is 11.8. The van der Waals surface area contributed by atoms with Crippen LogP contribution in [0.25, 0.3) is 0 Å². The normalized spacial score (nSPS) is 26.8. The molecule has 0 aromatic carbocycles. The Labute approximate surface area is 95.9 Å². The molecule has 0 spiro atoms. The molecule has 1 aliphatic carbocycles. The van der Waals surface area contributed by atoms with Crippen molar-refractivity contribution in [2.45, 2.75) is 45.2 Å². The van der Waals surface area contributed by atoms with E-state index in [0.29, 0.717) is 6.42 Å². The lowest BCUT2D eigenvalue weighted by atomic mass is 10.0. The van der Waals surface area contributed by atoms with Crippen molar-refractivity contribution in [2.24, 2.45) is 23.3 Å². The third-order valence-corrected chi connectivity index (χ3v) is 3.11. The highest BCUT2D eigenvalue weighted by Crippen LogP contribution is 2.24. The van der Waals surface area contributed by atoms with Gasteiger partial charge in [0, 0.05) is 12.0 Å². The van der Waals surface area contributed by atoms with E-state index in [2.05, 4.69) is 5.32 Å². The molecular formula is C11H21N3O2. The third kappa shape index (κ3) is 3.20. The van der Waals surface area contributed by atoms with Gasteiger partial charge in [-0.2, -0.15) is 0 Å². The van der Waals surface area contributed by atoms with Gasteiger partial charge in [0.2, 0.25) is 11.8 Å². The van der Waals surface area contributed by atoms with E-state index in [0.717, 1.165) is 12.8 Å². The van der Waals surface area contributed by atoms with Crippen LogP contribution in [-0.2, 0) is 9.59 Å². The zero-order valence-corrected chi connectivity index (χ0v) is 9.90. The SMILES string of the molecule is CC(C)C(NC(=O)C1CCC(N)C1)C(N)=O. The van der Waals surface area contributed by atoms with E-state index in [1.807, 2.05) is 13.8 Å². The largest absolute Gasteiger partial charge is 0.368 e. The topological polar surface area (TPSA) is 98.2 Å². The number of hydrogen-bond donors (Lipinski definition) is 3. The quantitative estimate of drug-likeness (QED) is 0.617. The Balaban J connectivity index is 2.52. The van der Waals surface area contributed by atoms with E-state index >= 15 is 0 Å². The molecule has 0 heterocycles. The van der Waals surface area contributed by atoms with E-state index in [1.54, 1.807) is 0 Å². The molecule has 3 unspecified atom stereocenters. The van der Waals surface area contributed by atoms with Gasteiger partial charge in [-0.05, 0) is 25.2 Å². The van der Waals surface area contributed by atoms with Crippen LogP contribution < -0.4 is 16.8 Å². The van der Waals surface area contributed by atoms with Crippen LogP contribution in [0.3, 0.4) is 0 Å². The fraction of sp³-hybridized carbons (Fsp3) is 0.818. The summed E-state index contributed by atoms with van der Waals surface area (Å²) >= 11 is 0. The van der Waals surface area contributed by atoms with E-state index in [-0.39, 0.29) is 23.8 Å². The average molecular weight is 227 g/mol. The van der Waals surface area contributed by atoms with Crippen LogP contribution in [0.15, 0.2) is 0 Å². The van der Waals surface area contributed by atoms with Crippen LogP contribution in [0.1, 0.15) is 33.1 Å². The summed E-state index contributed by atoms with van der Waals surface area (Å²) in [6, 6.07) is -0.467. The monoisotopic (exact) mass is 227 g/mol. The van der Waals surface area contributed by atoms with Crippen LogP contribution in [0, 0.1) is 11.8 Å². The Kier molecular flexibility index (Phi) is 4.29. The molecule has 0 saturated heterocycles. The van der Waals surface area contributed by atoms with Crippen LogP contribution in [-0.4, -0.2) is 23.9 Å². The van der Waals surface area contributed by atoms with Gasteiger partial charge in [0.05, 0.1) is 0 Å². The maximum atomic E-state index is 11.8. The summed E-state index contributed by atoms with van der Waals surface area (Å²) in [5.41, 5.74) is 11.0. The fourth-order valence-corrected chi connectivity index (χ4v) is 2.09. The molecular weight excluding hydrogens is 206 g/mol. The zero-order valence-electron chi connectivity index (χ0n) is 9.90. The van der Waals surface area contributed by atoms with Crippen molar-refractivity contribution in [2.75, 3.05) is 0 Å². The highest BCUT2D eigenvalue weighted by Gasteiger charge is 2.30. The van der Waals surface area contributed by atoms with Gasteiger partial charge in [0.15, 0.2) is 0 Å². The first-order valence-corrected chi connectivity index (χ1v) is 5.77. The van der Waals surface area contributed by atoms with E-state index in [4.69, 9.17) is 11.5 Å². The van der Waals surface area contributed by atoms with Crippen LogP contribution in [0.4, 0.5) is 0 Å². The highest BCUT2D eigenvalue weighted by atomic mass is 16.2. The molecule has 92 valence electrons. The average Bonchev–Trinajstić information content (AvgIpc) is 2.59. The van der Waals surface area contributed by atoms with Crippen molar-refractivity contribution in [3.05, 3.63) is 0 Å². The molecule has 3 atom stereocenters. The van der Waals surface area contributed by atoms with E-state index in [1.165, 1.54) is 0 Å². The molecule has 1 fully saturated rings. The van der Waals surface area contributed by atoms with Crippen LogP contribution in [0.2, 0.25) is 0 Å². The third-order valence-electron chi connectivity index (χ3n) is 3.11. The molecule has 0 radical (unpaired) electrons. The summed E-state index contributed by atoms with van der Waals surface area (Å²) in [4.78, 5) is 23.0. The first-order chi connectivity index (χ1) is 7.41. The van der Waals surface area contributed by atoms with Gasteiger partial charge in [0.1, 0.15) is 6.04 Å². The molecule has 0 aromatic heterocycles. The lowest BCUT2D eigenvalue weighted by molar-refractivity contribution is -0.130. The maximum Gasteiger partial charge on any atom is 0.240 e. The van der Waals surface area contributed by atoms with Crippen molar-refractivity contribution in [3.8, 4) is 0 Å². The first kappa shape index (κ1) is 13.0. The molecule has 0 aliphatic heterocycles. The minimum Gasteiger partial charge on any atom is -0.368 e. The molecule has 2 amide bonds. The second-order valence-electron chi connectivity index (χ2n) is 4.90. The van der Waals surface area contributed by atoms with Crippen molar-refractivity contribution >= 4 is 11.8 Å². The number of nitrogens with one attached hydrogen (secondary N) is 1. The first-order valence-electron chi connectivity index (χ1n) is 5.77. The summed E-state index contributed by atoms with van der Waals surface area (Å²) < 4.78 is 0. The number of rotatable bonds is 4. The van der Waals surface area contributed by atoms with Gasteiger partial charge in [0.25, 0.3) is 0 Å². The number of amides is 2. The Morgan fingerprint density at radius 2 is 1.94 bits per heavy atom. The molecule has 5 nitrogen and oxygen atoms in total. The Hall–Kier alpha value is -1.10. The van der Waals surface area contributed by atoms with Gasteiger partial charge < -0.3 is 16.8 Å². The Morgan fingerprint density at radius 1 is 1.31 bits per heavy atom. The second kappa shape index (κ2) is 5.30. The van der Waals surface area contributed by atoms with Gasteiger partial charge in [-0.15, -0.1) is 0 Å². The van der Waals surface area contributed by atoms with Crippen molar-refractivity contribution in [1.29, 1.82) is 0 Å². The molecule has 1 saturated carbocycles. The minimum absolute atomic E-state index is 0.0107. The molecule has 5 heteroatoms. The lowest BCUT2D eigenvalue weighted by Gasteiger charge is -2.21. The summed E-state index contributed by atoms with van der Waals surface area (Å²) in [5.74, 6) is -0.622. The van der Waals surface area contributed by atoms with E-state index < -0.39 is 11.9 Å². The smallest absolute Gasteiger partial charge is 0.240 e. The molecule has 5 N–H and O–H groups in total. The van der Waals surface area contributed by atoms with Crippen molar-refractivity contribution in [3.63, 3.8) is 0 Å². The summed E-state index contributed by atoms with van der Waals surface area (Å²) in [6.07, 6.45) is 2.38. The van der Waals surface area contributed by atoms with Crippen LogP contribution >= 0.6 is 0 Å². The standard InChI is InChI=1S/C11H21N3O2/c1-6(2)9(10(13)15)14-11(16)7-3-4-8(12)5-7/h6-9H,3-5,12H2,1-2H3,(H2,13,15)(H,14,16). The summed E-state index contributed by atoms with van der Waals surface area (Å²) in [6.45, 7) is 3.71. The molecule has 16 heavy (non-hydrogen) atoms. The van der Waals surface area contributed by atoms with Crippen molar-refractivity contribution < 1.29 is 9.59 Å². The van der Waals surface area contributed by atoms with Gasteiger partial charge >= 0.3 is 0 Å². The predicted molar refractivity (Wildman–Crippen MR) is 61.3 cm³/mol. The number of primary amides is 1. The molecule has 1 rings (SSSR count). The van der Waals surface area contributed by atoms with E-state index in [9.17, 15) is 9.59 Å². The number of nitrogens with two attached hydrogens (primary N) is 2. The number of carbonyl (C=O) groups excluding carboxylic acids is 2. The van der Waals surface area contributed by atoms with Gasteiger partial charge in [-0.3, -0.25) is 9.59 Å². The summed E-state index contributed by atoms with van der Waals surface area (Å²) in [5, 5.41) is 2.71. The second-order valence-corrected chi connectivity index (χ2v) is 4.90. The fourth-order valence-electron chi connectivity index (χ4n) is 2.09.